The highest BCUT2D eigenvalue weighted by Gasteiger charge is 2.30. The maximum absolute atomic E-state index is 13.2. The van der Waals surface area contributed by atoms with Gasteiger partial charge in [0.1, 0.15) is 11.2 Å². The second-order valence-corrected chi connectivity index (χ2v) is 10.6. The Labute approximate surface area is 229 Å². The molecule has 0 amide bonds. The molecule has 0 radical (unpaired) electrons. The van der Waals surface area contributed by atoms with Crippen LogP contribution in [0, 0.1) is 12.8 Å². The maximum atomic E-state index is 13.2. The van der Waals surface area contributed by atoms with Crippen molar-refractivity contribution < 1.29 is 23.1 Å². The number of aryl methyl sites for hydroxylation is 1. The number of hydrogen-bond acceptors (Lipinski definition) is 5. The zero-order chi connectivity index (χ0) is 28.8. The van der Waals surface area contributed by atoms with Gasteiger partial charge in [-0.2, -0.15) is 13.2 Å². The molecule has 208 valence electrons. The fraction of sp³-hybridized carbons (Fsp3) is 0.333. The van der Waals surface area contributed by atoms with Crippen LogP contribution >= 0.6 is 0 Å². The number of aromatic nitrogens is 4. The van der Waals surface area contributed by atoms with Gasteiger partial charge in [0.05, 0.1) is 11.1 Å². The van der Waals surface area contributed by atoms with E-state index in [-0.39, 0.29) is 24.1 Å². The second-order valence-electron chi connectivity index (χ2n) is 10.6. The van der Waals surface area contributed by atoms with E-state index < -0.39 is 17.7 Å². The van der Waals surface area contributed by atoms with Gasteiger partial charge in [-0.3, -0.25) is 4.98 Å². The number of anilines is 1. The molecular formula is C30H30F3N5O2. The van der Waals surface area contributed by atoms with E-state index in [1.807, 2.05) is 16.7 Å². The van der Waals surface area contributed by atoms with E-state index in [0.29, 0.717) is 39.5 Å². The molecule has 5 rings (SSSR count). The number of nitrogens with zero attached hydrogens (tertiary/aromatic N) is 4. The minimum atomic E-state index is -4.44. The Hall–Kier alpha value is -4.21. The van der Waals surface area contributed by atoms with Gasteiger partial charge in [0.25, 0.3) is 0 Å². The number of carboxylic acids is 1. The number of nitrogens with one attached hydrogen (secondary N) is 1. The number of benzene rings is 1. The molecule has 4 aromatic rings. The summed E-state index contributed by atoms with van der Waals surface area (Å²) in [5.41, 5.74) is 3.43. The third-order valence-electron chi connectivity index (χ3n) is 7.51. The normalized spacial score (nSPS) is 14.0. The first-order valence-corrected chi connectivity index (χ1v) is 13.2. The smallest absolute Gasteiger partial charge is 0.416 e. The van der Waals surface area contributed by atoms with Crippen molar-refractivity contribution in [3.63, 3.8) is 0 Å². The van der Waals surface area contributed by atoms with Gasteiger partial charge in [-0.25, -0.2) is 14.8 Å². The standard InChI is InChI=1S/C30H30F3N5O2/c1-16(2)21-12-13-34-23(14-21)28-37-24-17(3)25(29(39)40)36-27(35-18(4)20-6-5-7-20)26(24)38(28)15-19-8-10-22(11-9-19)30(31,32)33/h8-14,16,20H,4-7,15H2,1-3H3,(H,35,36)(H,39,40). The summed E-state index contributed by atoms with van der Waals surface area (Å²) >= 11 is 0. The molecular weight excluding hydrogens is 519 g/mol. The van der Waals surface area contributed by atoms with Gasteiger partial charge < -0.3 is 15.0 Å². The summed E-state index contributed by atoms with van der Waals surface area (Å²) in [6, 6.07) is 8.81. The molecule has 0 atom stereocenters. The molecule has 0 spiro atoms. The van der Waals surface area contributed by atoms with Crippen LogP contribution < -0.4 is 5.32 Å². The van der Waals surface area contributed by atoms with Crippen molar-refractivity contribution in [2.45, 2.75) is 58.7 Å². The zero-order valence-electron chi connectivity index (χ0n) is 22.5. The van der Waals surface area contributed by atoms with Crippen LogP contribution in [-0.2, 0) is 12.7 Å². The molecule has 0 bridgehead atoms. The van der Waals surface area contributed by atoms with Crippen molar-refractivity contribution in [2.75, 3.05) is 5.32 Å². The number of fused-ring (bicyclic) bond motifs is 1. The summed E-state index contributed by atoms with van der Waals surface area (Å²) in [6.07, 6.45) is 0.303. The van der Waals surface area contributed by atoms with E-state index in [2.05, 4.69) is 35.7 Å². The molecule has 1 aliphatic rings. The number of carboxylic acid groups (broad SMARTS) is 1. The van der Waals surface area contributed by atoms with Crippen molar-refractivity contribution in [3.8, 4) is 11.5 Å². The molecule has 7 nitrogen and oxygen atoms in total. The quantitative estimate of drug-likeness (QED) is 0.238. The van der Waals surface area contributed by atoms with Crippen LogP contribution in [0.25, 0.3) is 22.6 Å². The van der Waals surface area contributed by atoms with E-state index in [0.717, 1.165) is 42.7 Å². The summed E-state index contributed by atoms with van der Waals surface area (Å²) in [5.74, 6) is 0.0410. The van der Waals surface area contributed by atoms with Crippen LogP contribution in [0.1, 0.15) is 71.8 Å². The topological polar surface area (TPSA) is 92.9 Å². The number of halogens is 3. The van der Waals surface area contributed by atoms with E-state index in [1.54, 1.807) is 13.1 Å². The molecule has 0 aliphatic heterocycles. The molecule has 1 aliphatic carbocycles. The Morgan fingerprint density at radius 1 is 1.18 bits per heavy atom. The molecule has 1 aromatic carbocycles. The number of carbonyl (C=O) groups is 1. The van der Waals surface area contributed by atoms with E-state index >= 15 is 0 Å². The Morgan fingerprint density at radius 2 is 1.88 bits per heavy atom. The van der Waals surface area contributed by atoms with Gasteiger partial charge in [-0.05, 0) is 67.0 Å². The maximum Gasteiger partial charge on any atom is 0.416 e. The van der Waals surface area contributed by atoms with Gasteiger partial charge in [-0.1, -0.05) is 39.0 Å². The zero-order valence-corrected chi connectivity index (χ0v) is 22.5. The highest BCUT2D eigenvalue weighted by molar-refractivity contribution is 5.99. The minimum Gasteiger partial charge on any atom is -0.476 e. The first-order valence-electron chi connectivity index (χ1n) is 13.2. The summed E-state index contributed by atoms with van der Waals surface area (Å²) in [5, 5.41) is 13.2. The number of allylic oxidation sites excluding steroid dienone is 1. The number of aromatic carboxylic acids is 1. The number of hydrogen-bond donors (Lipinski definition) is 2. The highest BCUT2D eigenvalue weighted by Crippen LogP contribution is 2.37. The molecule has 2 N–H and O–H groups in total. The van der Waals surface area contributed by atoms with Gasteiger partial charge in [0, 0.05) is 24.0 Å². The predicted molar refractivity (Wildman–Crippen MR) is 147 cm³/mol. The Balaban J connectivity index is 1.74. The van der Waals surface area contributed by atoms with Crippen molar-refractivity contribution in [1.29, 1.82) is 0 Å². The van der Waals surface area contributed by atoms with Crippen molar-refractivity contribution in [1.82, 2.24) is 19.5 Å². The largest absolute Gasteiger partial charge is 0.476 e. The lowest BCUT2D eigenvalue weighted by Gasteiger charge is -2.28. The average molecular weight is 550 g/mol. The van der Waals surface area contributed by atoms with Gasteiger partial charge in [0.2, 0.25) is 0 Å². The molecule has 0 unspecified atom stereocenters. The molecule has 3 aromatic heterocycles. The lowest BCUT2D eigenvalue weighted by atomic mass is 9.83. The first-order chi connectivity index (χ1) is 18.9. The van der Waals surface area contributed by atoms with Crippen molar-refractivity contribution >= 4 is 22.8 Å². The summed E-state index contributed by atoms with van der Waals surface area (Å²) < 4.78 is 41.5. The number of rotatable bonds is 8. The molecule has 1 fully saturated rings. The molecule has 3 heterocycles. The third kappa shape index (κ3) is 5.17. The molecule has 0 saturated heterocycles. The van der Waals surface area contributed by atoms with Crippen molar-refractivity contribution in [3.05, 3.63) is 82.8 Å². The third-order valence-corrected chi connectivity index (χ3v) is 7.51. The van der Waals surface area contributed by atoms with Crippen LogP contribution in [0.4, 0.5) is 19.0 Å². The van der Waals surface area contributed by atoms with E-state index in [4.69, 9.17) is 4.98 Å². The Kier molecular flexibility index (Phi) is 7.12. The minimum absolute atomic E-state index is 0.133. The summed E-state index contributed by atoms with van der Waals surface area (Å²) in [6.45, 7) is 10.1. The van der Waals surface area contributed by atoms with E-state index in [9.17, 15) is 23.1 Å². The fourth-order valence-corrected chi connectivity index (χ4v) is 4.88. The lowest BCUT2D eigenvalue weighted by molar-refractivity contribution is -0.137. The Morgan fingerprint density at radius 3 is 2.45 bits per heavy atom. The average Bonchev–Trinajstić information content (AvgIpc) is 3.24. The number of pyridine rings is 2. The first kappa shape index (κ1) is 27.4. The van der Waals surface area contributed by atoms with Crippen LogP contribution in [0.15, 0.2) is 54.9 Å². The van der Waals surface area contributed by atoms with E-state index in [1.165, 1.54) is 12.1 Å². The van der Waals surface area contributed by atoms with Gasteiger partial charge in [0.15, 0.2) is 17.3 Å². The SMILES string of the molecule is C=C(Nc1nc(C(=O)O)c(C)c2nc(-c3cc(C(C)C)ccn3)n(Cc3ccc(C(F)(F)F)cc3)c12)C1CCC1. The number of imidazole rings is 1. The molecule has 40 heavy (non-hydrogen) atoms. The monoisotopic (exact) mass is 549 g/mol. The second kappa shape index (κ2) is 10.4. The van der Waals surface area contributed by atoms with Crippen molar-refractivity contribution in [2.24, 2.45) is 5.92 Å². The van der Waals surface area contributed by atoms with Gasteiger partial charge >= 0.3 is 12.1 Å². The lowest BCUT2D eigenvalue weighted by Crippen LogP contribution is -2.20. The fourth-order valence-electron chi connectivity index (χ4n) is 4.88. The van der Waals surface area contributed by atoms with Crippen LogP contribution in [0.5, 0.6) is 0 Å². The summed E-state index contributed by atoms with van der Waals surface area (Å²) in [7, 11) is 0. The van der Waals surface area contributed by atoms with Crippen LogP contribution in [-0.4, -0.2) is 30.6 Å². The summed E-state index contributed by atoms with van der Waals surface area (Å²) in [4.78, 5) is 26.1. The van der Waals surface area contributed by atoms with Gasteiger partial charge in [-0.15, -0.1) is 0 Å². The molecule has 10 heteroatoms. The highest BCUT2D eigenvalue weighted by atomic mass is 19.4. The number of alkyl halides is 3. The Bertz CT molecular complexity index is 1600. The van der Waals surface area contributed by atoms with Crippen LogP contribution in [0.2, 0.25) is 0 Å². The molecule has 1 saturated carbocycles. The predicted octanol–water partition coefficient (Wildman–Crippen LogP) is 7.42. The van der Waals surface area contributed by atoms with Crippen LogP contribution in [0.3, 0.4) is 0 Å².